The van der Waals surface area contributed by atoms with E-state index in [9.17, 15) is 9.59 Å². The summed E-state index contributed by atoms with van der Waals surface area (Å²) < 4.78 is 0. The van der Waals surface area contributed by atoms with E-state index in [1.165, 1.54) is 16.2 Å². The molecular formula is C19H17N5O2S2. The van der Waals surface area contributed by atoms with Gasteiger partial charge in [0.1, 0.15) is 15.6 Å². The number of nitrogens with one attached hydrogen (secondary N) is 2. The average Bonchev–Trinajstić information content (AvgIpc) is 3.38. The van der Waals surface area contributed by atoms with Gasteiger partial charge in [-0.3, -0.25) is 14.9 Å². The largest absolute Gasteiger partial charge is 0.353 e. The van der Waals surface area contributed by atoms with Crippen LogP contribution in [0.3, 0.4) is 0 Å². The third kappa shape index (κ3) is 3.41. The molecule has 7 nitrogen and oxygen atoms in total. The summed E-state index contributed by atoms with van der Waals surface area (Å²) in [6.07, 6.45) is 0. The number of fused-ring (bicyclic) bond motifs is 1. The summed E-state index contributed by atoms with van der Waals surface area (Å²) in [4.78, 5) is 38.7. The number of aryl methyl sites for hydroxylation is 1. The minimum absolute atomic E-state index is 0.134. The topological polar surface area (TPSA) is 91.0 Å². The van der Waals surface area contributed by atoms with Crippen molar-refractivity contribution in [3.05, 3.63) is 52.0 Å². The lowest BCUT2D eigenvalue weighted by atomic mass is 10.2. The van der Waals surface area contributed by atoms with Crippen LogP contribution in [-0.4, -0.2) is 45.8 Å². The lowest BCUT2D eigenvalue weighted by Crippen LogP contribution is -2.21. The predicted molar refractivity (Wildman–Crippen MR) is 112 cm³/mol. The molecule has 0 spiro atoms. The molecule has 0 aliphatic heterocycles. The van der Waals surface area contributed by atoms with Crippen LogP contribution in [0.25, 0.3) is 21.6 Å². The van der Waals surface area contributed by atoms with Crippen molar-refractivity contribution in [2.75, 3.05) is 19.4 Å². The van der Waals surface area contributed by atoms with E-state index in [-0.39, 0.29) is 11.8 Å². The van der Waals surface area contributed by atoms with Crippen LogP contribution in [0.15, 0.2) is 35.7 Å². The van der Waals surface area contributed by atoms with Gasteiger partial charge in [-0.25, -0.2) is 9.97 Å². The first kappa shape index (κ1) is 18.3. The maximum atomic E-state index is 12.5. The monoisotopic (exact) mass is 411 g/mol. The van der Waals surface area contributed by atoms with E-state index in [0.29, 0.717) is 21.4 Å². The number of anilines is 1. The van der Waals surface area contributed by atoms with Gasteiger partial charge in [-0.05, 0) is 19.1 Å². The molecule has 0 aliphatic rings. The van der Waals surface area contributed by atoms with Crippen molar-refractivity contribution in [1.82, 2.24) is 19.9 Å². The van der Waals surface area contributed by atoms with Gasteiger partial charge in [-0.1, -0.05) is 29.5 Å². The van der Waals surface area contributed by atoms with E-state index in [4.69, 9.17) is 0 Å². The number of benzene rings is 1. The Morgan fingerprint density at radius 1 is 1.18 bits per heavy atom. The second-order valence-corrected chi connectivity index (χ2v) is 8.25. The van der Waals surface area contributed by atoms with E-state index < -0.39 is 0 Å². The molecule has 3 heterocycles. The van der Waals surface area contributed by atoms with Gasteiger partial charge in [-0.15, -0.1) is 11.3 Å². The number of carbonyl (C=O) groups excluding carboxylic acids is 2. The molecule has 1 aromatic carbocycles. The average molecular weight is 412 g/mol. The number of aromatic amines is 1. The van der Waals surface area contributed by atoms with Gasteiger partial charge in [0.05, 0.1) is 11.4 Å². The van der Waals surface area contributed by atoms with Gasteiger partial charge in [-0.2, -0.15) is 0 Å². The first-order valence-electron chi connectivity index (χ1n) is 8.46. The molecule has 2 N–H and O–H groups in total. The highest BCUT2D eigenvalue weighted by atomic mass is 32.1. The Balaban J connectivity index is 1.53. The molecule has 0 unspecified atom stereocenters. The van der Waals surface area contributed by atoms with Crippen molar-refractivity contribution in [2.24, 2.45) is 0 Å². The molecular weight excluding hydrogens is 394 g/mol. The normalized spacial score (nSPS) is 11.0. The second-order valence-electron chi connectivity index (χ2n) is 6.40. The third-order valence-electron chi connectivity index (χ3n) is 4.11. The zero-order chi connectivity index (χ0) is 19.8. The maximum absolute atomic E-state index is 12.5. The van der Waals surface area contributed by atoms with Gasteiger partial charge in [0.15, 0.2) is 5.13 Å². The Hall–Kier alpha value is -3.04. The van der Waals surface area contributed by atoms with Crippen LogP contribution in [0.2, 0.25) is 0 Å². The highest BCUT2D eigenvalue weighted by Crippen LogP contribution is 2.28. The van der Waals surface area contributed by atoms with Gasteiger partial charge >= 0.3 is 0 Å². The summed E-state index contributed by atoms with van der Waals surface area (Å²) in [6.45, 7) is 1.75. The molecule has 0 aliphatic carbocycles. The molecule has 0 saturated heterocycles. The summed E-state index contributed by atoms with van der Waals surface area (Å²) in [5.41, 5.74) is 2.80. The van der Waals surface area contributed by atoms with Crippen LogP contribution in [0.4, 0.5) is 5.13 Å². The highest BCUT2D eigenvalue weighted by molar-refractivity contribution is 7.17. The zero-order valence-corrected chi connectivity index (χ0v) is 17.1. The minimum atomic E-state index is -0.351. The minimum Gasteiger partial charge on any atom is -0.353 e. The number of para-hydroxylation sites is 1. The number of nitrogens with zero attached hydrogens (tertiary/aromatic N) is 3. The van der Waals surface area contributed by atoms with Crippen LogP contribution in [0, 0.1) is 6.92 Å². The highest BCUT2D eigenvalue weighted by Gasteiger charge is 2.19. The summed E-state index contributed by atoms with van der Waals surface area (Å²) >= 11 is 2.55. The number of H-pyrrole nitrogens is 1. The van der Waals surface area contributed by atoms with Crippen molar-refractivity contribution in [1.29, 1.82) is 0 Å². The van der Waals surface area contributed by atoms with Crippen molar-refractivity contribution in [3.63, 3.8) is 0 Å². The third-order valence-corrected chi connectivity index (χ3v) is 6.05. The van der Waals surface area contributed by atoms with E-state index >= 15 is 0 Å². The fraction of sp³-hybridized carbons (Fsp3) is 0.158. The summed E-state index contributed by atoms with van der Waals surface area (Å²) in [5, 5.41) is 6.66. The van der Waals surface area contributed by atoms with Crippen molar-refractivity contribution >= 4 is 50.5 Å². The standard InChI is InChI=1S/C19H17N5O2S2/c1-10-15(18(26)24(2)3)28-19(20-10)23-16(25)14-9-27-17(22-14)13-8-11-6-4-5-7-12(11)21-13/h4-9,21H,1-3H3,(H,20,23,25). The molecule has 4 aromatic rings. The Morgan fingerprint density at radius 3 is 2.71 bits per heavy atom. The van der Waals surface area contributed by atoms with Gasteiger partial charge in [0.2, 0.25) is 0 Å². The molecule has 9 heteroatoms. The Kier molecular flexibility index (Phi) is 4.70. The van der Waals surface area contributed by atoms with Crippen molar-refractivity contribution in [3.8, 4) is 10.7 Å². The van der Waals surface area contributed by atoms with E-state index in [0.717, 1.165) is 32.9 Å². The Bertz CT molecular complexity index is 1160. The van der Waals surface area contributed by atoms with Gasteiger partial charge in [0, 0.05) is 30.4 Å². The molecule has 0 bridgehead atoms. The number of thiazole rings is 2. The molecule has 2 amide bonds. The number of amides is 2. The first-order chi connectivity index (χ1) is 13.4. The van der Waals surface area contributed by atoms with Crippen LogP contribution in [-0.2, 0) is 0 Å². The number of carbonyl (C=O) groups is 2. The fourth-order valence-electron chi connectivity index (χ4n) is 2.70. The Labute approximate surface area is 169 Å². The fourth-order valence-corrected chi connectivity index (χ4v) is 4.46. The van der Waals surface area contributed by atoms with Crippen molar-refractivity contribution in [2.45, 2.75) is 6.92 Å². The van der Waals surface area contributed by atoms with Gasteiger partial charge < -0.3 is 9.88 Å². The molecule has 3 aromatic heterocycles. The number of aromatic nitrogens is 3. The van der Waals surface area contributed by atoms with Crippen molar-refractivity contribution < 1.29 is 9.59 Å². The Morgan fingerprint density at radius 2 is 1.96 bits per heavy atom. The molecule has 0 fully saturated rings. The molecule has 0 atom stereocenters. The number of hydrogen-bond donors (Lipinski definition) is 2. The van der Waals surface area contributed by atoms with Crippen LogP contribution in [0.1, 0.15) is 25.9 Å². The lowest BCUT2D eigenvalue weighted by molar-refractivity contribution is 0.0831. The summed E-state index contributed by atoms with van der Waals surface area (Å²) in [6, 6.07) is 9.98. The molecule has 28 heavy (non-hydrogen) atoms. The van der Waals surface area contributed by atoms with E-state index in [2.05, 4.69) is 20.3 Å². The van der Waals surface area contributed by atoms with E-state index in [1.807, 2.05) is 30.3 Å². The second kappa shape index (κ2) is 7.17. The lowest BCUT2D eigenvalue weighted by Gasteiger charge is -2.07. The first-order valence-corrected chi connectivity index (χ1v) is 10.2. The quantitative estimate of drug-likeness (QED) is 0.531. The summed E-state index contributed by atoms with van der Waals surface area (Å²) in [7, 11) is 3.36. The zero-order valence-electron chi connectivity index (χ0n) is 15.4. The van der Waals surface area contributed by atoms with Crippen LogP contribution < -0.4 is 5.32 Å². The molecule has 0 saturated carbocycles. The van der Waals surface area contributed by atoms with Crippen LogP contribution >= 0.6 is 22.7 Å². The predicted octanol–water partition coefficient (Wildman–Crippen LogP) is 4.01. The maximum Gasteiger partial charge on any atom is 0.276 e. The number of rotatable bonds is 4. The van der Waals surface area contributed by atoms with Gasteiger partial charge in [0.25, 0.3) is 11.8 Å². The SMILES string of the molecule is Cc1nc(NC(=O)c2csc(-c3cc4ccccc4[nH]3)n2)sc1C(=O)N(C)C. The molecule has 0 radical (unpaired) electrons. The van der Waals surface area contributed by atoms with E-state index in [1.54, 1.807) is 26.4 Å². The summed E-state index contributed by atoms with van der Waals surface area (Å²) in [5.74, 6) is -0.485. The number of hydrogen-bond acceptors (Lipinski definition) is 6. The smallest absolute Gasteiger partial charge is 0.276 e. The van der Waals surface area contributed by atoms with Crippen LogP contribution in [0.5, 0.6) is 0 Å². The molecule has 142 valence electrons. The molecule has 4 rings (SSSR count).